The molecular weight excluding hydrogens is 326 g/mol. The number of amides is 1. The van der Waals surface area contributed by atoms with Crippen molar-refractivity contribution in [2.75, 3.05) is 19.7 Å². The summed E-state index contributed by atoms with van der Waals surface area (Å²) in [5, 5.41) is 21.0. The van der Waals surface area contributed by atoms with E-state index in [-0.39, 0.29) is 23.4 Å². The van der Waals surface area contributed by atoms with Crippen LogP contribution < -0.4 is 5.32 Å². The number of nitriles is 1. The molecular formula is C17H25N3O5. The van der Waals surface area contributed by atoms with Crippen molar-refractivity contribution in [3.8, 4) is 6.07 Å². The average molecular weight is 351 g/mol. The Morgan fingerprint density at radius 2 is 1.96 bits per heavy atom. The Morgan fingerprint density at radius 1 is 1.36 bits per heavy atom. The average Bonchev–Trinajstić information content (AvgIpc) is 2.58. The molecule has 138 valence electrons. The second-order valence-corrected chi connectivity index (χ2v) is 6.21. The molecule has 0 aromatic carbocycles. The maximum Gasteiger partial charge on any atom is 0.326 e. The van der Waals surface area contributed by atoms with Crippen LogP contribution >= 0.6 is 0 Å². The van der Waals surface area contributed by atoms with Crippen molar-refractivity contribution in [1.82, 2.24) is 10.2 Å². The number of rotatable bonds is 7. The Morgan fingerprint density at radius 3 is 2.40 bits per heavy atom. The van der Waals surface area contributed by atoms with Crippen LogP contribution in [0.1, 0.15) is 33.6 Å². The number of carbonyl (C=O) groups is 3. The lowest BCUT2D eigenvalue weighted by atomic mass is 9.96. The van der Waals surface area contributed by atoms with Gasteiger partial charge in [0.15, 0.2) is 0 Å². The van der Waals surface area contributed by atoms with Crippen LogP contribution in [0, 0.1) is 23.2 Å². The molecule has 0 aliphatic carbocycles. The minimum Gasteiger partial charge on any atom is -0.480 e. The van der Waals surface area contributed by atoms with Gasteiger partial charge in [-0.1, -0.05) is 13.8 Å². The number of aliphatic carboxylic acids is 1. The van der Waals surface area contributed by atoms with Crippen LogP contribution in [-0.2, 0) is 19.1 Å². The fraction of sp³-hybridized carbons (Fsp3) is 0.647. The highest BCUT2D eigenvalue weighted by molar-refractivity contribution is 5.97. The summed E-state index contributed by atoms with van der Waals surface area (Å²) >= 11 is 0. The van der Waals surface area contributed by atoms with Crippen molar-refractivity contribution in [1.29, 1.82) is 5.26 Å². The number of carbonyl (C=O) groups excluding carboxylic acids is 2. The van der Waals surface area contributed by atoms with Gasteiger partial charge in [-0.05, 0) is 25.7 Å². The van der Waals surface area contributed by atoms with Crippen LogP contribution in [0.25, 0.3) is 0 Å². The van der Waals surface area contributed by atoms with Crippen molar-refractivity contribution in [2.45, 2.75) is 39.7 Å². The number of nitrogens with one attached hydrogen (secondary N) is 1. The summed E-state index contributed by atoms with van der Waals surface area (Å²) in [6, 6.07) is 0.926. The highest BCUT2D eigenvalue weighted by Crippen LogP contribution is 2.20. The quantitative estimate of drug-likeness (QED) is 0.397. The molecule has 1 aliphatic heterocycles. The number of hydrogen-bond acceptors (Lipinski definition) is 6. The summed E-state index contributed by atoms with van der Waals surface area (Å²) in [5.74, 6) is -2.21. The fourth-order valence-electron chi connectivity index (χ4n) is 2.61. The zero-order valence-corrected chi connectivity index (χ0v) is 14.8. The molecule has 25 heavy (non-hydrogen) atoms. The van der Waals surface area contributed by atoms with E-state index in [1.807, 2.05) is 6.07 Å². The van der Waals surface area contributed by atoms with E-state index in [0.717, 1.165) is 0 Å². The normalized spacial score (nSPS) is 16.9. The highest BCUT2D eigenvalue weighted by atomic mass is 16.5. The number of piperidine rings is 1. The number of carboxylic acid groups (broad SMARTS) is 1. The Hall–Kier alpha value is -2.56. The third kappa shape index (κ3) is 5.78. The molecule has 8 heteroatoms. The third-order valence-electron chi connectivity index (χ3n) is 4.09. The lowest BCUT2D eigenvalue weighted by molar-refractivity contribution is -0.150. The summed E-state index contributed by atoms with van der Waals surface area (Å²) in [4.78, 5) is 36.8. The van der Waals surface area contributed by atoms with Gasteiger partial charge in [0.05, 0.1) is 12.5 Å². The molecule has 2 N–H and O–H groups in total. The molecule has 1 fully saturated rings. The molecule has 1 amide bonds. The second kappa shape index (κ2) is 9.67. The Labute approximate surface area is 147 Å². The minimum absolute atomic E-state index is 0.151. The number of hydrogen-bond donors (Lipinski definition) is 2. The van der Waals surface area contributed by atoms with E-state index < -0.39 is 17.9 Å². The van der Waals surface area contributed by atoms with Crippen molar-refractivity contribution < 1.29 is 24.2 Å². The number of likely N-dealkylation sites (tertiary alicyclic amines) is 1. The van der Waals surface area contributed by atoms with Gasteiger partial charge in [0.2, 0.25) is 0 Å². The summed E-state index contributed by atoms with van der Waals surface area (Å²) in [7, 11) is 0. The number of ether oxygens (including phenoxy) is 1. The van der Waals surface area contributed by atoms with Gasteiger partial charge in [0, 0.05) is 19.3 Å². The smallest absolute Gasteiger partial charge is 0.326 e. The molecule has 1 rings (SSSR count). The summed E-state index contributed by atoms with van der Waals surface area (Å²) in [5.41, 5.74) is -0.151. The molecule has 1 atom stereocenters. The lowest BCUT2D eigenvalue weighted by Gasteiger charge is -2.30. The van der Waals surface area contributed by atoms with Crippen LogP contribution in [-0.4, -0.2) is 53.6 Å². The lowest BCUT2D eigenvalue weighted by Crippen LogP contribution is -2.42. The number of carboxylic acids is 1. The van der Waals surface area contributed by atoms with Gasteiger partial charge < -0.3 is 20.1 Å². The number of esters is 1. The molecule has 0 spiro atoms. The first kappa shape index (κ1) is 20.5. The van der Waals surface area contributed by atoms with E-state index in [1.54, 1.807) is 20.8 Å². The van der Waals surface area contributed by atoms with Crippen LogP contribution in [0.4, 0.5) is 0 Å². The molecule has 0 radical (unpaired) electrons. The largest absolute Gasteiger partial charge is 0.480 e. The monoisotopic (exact) mass is 351 g/mol. The van der Waals surface area contributed by atoms with Crippen molar-refractivity contribution >= 4 is 17.8 Å². The maximum atomic E-state index is 12.4. The minimum atomic E-state index is -1.05. The van der Waals surface area contributed by atoms with Crippen molar-refractivity contribution in [3.63, 3.8) is 0 Å². The highest BCUT2D eigenvalue weighted by Gasteiger charge is 2.29. The van der Waals surface area contributed by atoms with Gasteiger partial charge in [0.1, 0.15) is 17.7 Å². The van der Waals surface area contributed by atoms with Crippen molar-refractivity contribution in [3.05, 3.63) is 11.8 Å². The zero-order valence-electron chi connectivity index (χ0n) is 14.8. The van der Waals surface area contributed by atoms with E-state index in [2.05, 4.69) is 5.32 Å². The van der Waals surface area contributed by atoms with E-state index >= 15 is 0 Å². The third-order valence-corrected chi connectivity index (χ3v) is 4.09. The zero-order chi connectivity index (χ0) is 19.0. The van der Waals surface area contributed by atoms with E-state index in [4.69, 9.17) is 9.84 Å². The second-order valence-electron chi connectivity index (χ2n) is 6.21. The molecule has 0 saturated carbocycles. The van der Waals surface area contributed by atoms with Crippen LogP contribution in [0.2, 0.25) is 0 Å². The topological polar surface area (TPSA) is 120 Å². The van der Waals surface area contributed by atoms with E-state index in [0.29, 0.717) is 32.5 Å². The van der Waals surface area contributed by atoms with Gasteiger partial charge >= 0.3 is 11.9 Å². The number of nitrogens with zero attached hydrogens (tertiary/aromatic N) is 2. The van der Waals surface area contributed by atoms with Crippen LogP contribution in [0.5, 0.6) is 0 Å². The SMILES string of the molecule is CCOC(=O)C1CCN(C(=O)/C(C#N)=C\NC(C(=O)O)C(C)C)CC1. The standard InChI is InChI=1S/C17H25N3O5/c1-4-25-17(24)12-5-7-20(8-6-12)15(21)13(9-18)10-19-14(11(2)3)16(22)23/h10-12,14,19H,4-8H2,1-3H3,(H,22,23)/b13-10-. The van der Waals surface area contributed by atoms with E-state index in [1.165, 1.54) is 11.1 Å². The molecule has 1 aliphatic rings. The first-order valence-electron chi connectivity index (χ1n) is 8.36. The molecule has 0 aromatic rings. The Bertz CT molecular complexity index is 571. The maximum absolute atomic E-state index is 12.4. The molecule has 1 heterocycles. The summed E-state index contributed by atoms with van der Waals surface area (Å²) in [6.45, 7) is 6.24. The van der Waals surface area contributed by atoms with Crippen LogP contribution in [0.15, 0.2) is 11.8 Å². The summed E-state index contributed by atoms with van der Waals surface area (Å²) < 4.78 is 4.98. The molecule has 0 bridgehead atoms. The van der Waals surface area contributed by atoms with Gasteiger partial charge in [-0.2, -0.15) is 5.26 Å². The molecule has 8 nitrogen and oxygen atoms in total. The first-order valence-corrected chi connectivity index (χ1v) is 8.36. The van der Waals surface area contributed by atoms with Crippen LogP contribution in [0.3, 0.4) is 0 Å². The van der Waals surface area contributed by atoms with E-state index in [9.17, 15) is 19.6 Å². The van der Waals surface area contributed by atoms with Gasteiger partial charge in [-0.25, -0.2) is 4.79 Å². The van der Waals surface area contributed by atoms with Gasteiger partial charge in [-0.3, -0.25) is 9.59 Å². The van der Waals surface area contributed by atoms with Gasteiger partial charge in [-0.15, -0.1) is 0 Å². The Kier molecular flexibility index (Phi) is 7.92. The summed E-state index contributed by atoms with van der Waals surface area (Å²) in [6.07, 6.45) is 2.14. The Balaban J connectivity index is 2.68. The fourth-order valence-corrected chi connectivity index (χ4v) is 2.61. The predicted octanol–water partition coefficient (Wildman–Crippen LogP) is 0.894. The van der Waals surface area contributed by atoms with Gasteiger partial charge in [0.25, 0.3) is 5.91 Å². The first-order chi connectivity index (χ1) is 11.8. The molecule has 1 unspecified atom stereocenters. The van der Waals surface area contributed by atoms with Crippen molar-refractivity contribution in [2.24, 2.45) is 11.8 Å². The molecule has 1 saturated heterocycles. The molecule has 0 aromatic heterocycles. The predicted molar refractivity (Wildman–Crippen MR) is 89.0 cm³/mol.